The van der Waals surface area contributed by atoms with E-state index in [-0.39, 0.29) is 26.6 Å². The van der Waals surface area contributed by atoms with Crippen molar-refractivity contribution in [3.05, 3.63) is 20.6 Å². The number of aliphatic carboxylic acids is 1. The summed E-state index contributed by atoms with van der Waals surface area (Å²) in [5, 5.41) is 31.9. The van der Waals surface area contributed by atoms with Gasteiger partial charge in [-0.05, 0) is 6.26 Å². The molecule has 4 heterocycles. The number of anilines is 1. The number of hydrogen-bond acceptors (Lipinski definition) is 14. The molecule has 5 N–H and O–H groups in total. The van der Waals surface area contributed by atoms with Gasteiger partial charge in [-0.2, -0.15) is 0 Å². The third-order valence-electron chi connectivity index (χ3n) is 4.34. The Kier molecular flexibility index (Phi) is 7.06. The Morgan fingerprint density at radius 2 is 2.06 bits per heavy atom. The minimum Gasteiger partial charge on any atom is -0.477 e. The second-order valence-corrected chi connectivity index (χ2v) is 12.3. The minimum atomic E-state index is -1.27. The molecule has 0 radical (unpaired) electrons. The van der Waals surface area contributed by atoms with Gasteiger partial charge in [0.25, 0.3) is 11.8 Å². The molecule has 2 aromatic rings. The summed E-state index contributed by atoms with van der Waals surface area (Å²) in [6.07, 6.45) is 1.86. The van der Waals surface area contributed by atoms with Gasteiger partial charge in [-0.25, -0.2) is 9.78 Å². The molecule has 2 aliphatic rings. The number of hydrogen-bond donors (Lipinski definition) is 4. The van der Waals surface area contributed by atoms with Gasteiger partial charge in [-0.3, -0.25) is 14.5 Å². The van der Waals surface area contributed by atoms with Gasteiger partial charge in [0, 0.05) is 10.7 Å². The minimum absolute atomic E-state index is 0.0446. The molecule has 174 valence electrons. The molecule has 0 saturated carbocycles. The summed E-state index contributed by atoms with van der Waals surface area (Å²) in [7, 11) is 0. The van der Waals surface area contributed by atoms with Gasteiger partial charge >= 0.3 is 5.97 Å². The molecule has 18 heteroatoms. The van der Waals surface area contributed by atoms with Crippen molar-refractivity contribution < 1.29 is 24.7 Å². The van der Waals surface area contributed by atoms with E-state index in [4.69, 9.17) is 17.3 Å². The largest absolute Gasteiger partial charge is 0.477 e. The van der Waals surface area contributed by atoms with Gasteiger partial charge in [0.2, 0.25) is 0 Å². The number of nitrogens with one attached hydrogen (secondary N) is 1. The number of fused-ring (bicyclic) bond motifs is 1. The summed E-state index contributed by atoms with van der Waals surface area (Å²) >= 11 is 12.0. The van der Waals surface area contributed by atoms with Crippen LogP contribution < -0.4 is 11.1 Å². The van der Waals surface area contributed by atoms with Crippen LogP contribution in [0.15, 0.2) is 24.4 Å². The molecule has 1 unspecified atom stereocenters. The highest BCUT2D eigenvalue weighted by Gasteiger charge is 2.54. The third kappa shape index (κ3) is 4.52. The van der Waals surface area contributed by atoms with E-state index in [0.29, 0.717) is 9.24 Å². The lowest BCUT2D eigenvalue weighted by atomic mass is 10.0. The van der Waals surface area contributed by atoms with E-state index in [0.717, 1.165) is 32.3 Å². The first-order valence-corrected chi connectivity index (χ1v) is 13.8. The molecule has 0 spiro atoms. The van der Waals surface area contributed by atoms with Crippen LogP contribution in [0.3, 0.4) is 0 Å². The molecule has 0 aliphatic carbocycles. The van der Waals surface area contributed by atoms with Gasteiger partial charge in [0.1, 0.15) is 27.1 Å². The molecule has 2 aromatic heterocycles. The fourth-order valence-corrected chi connectivity index (χ4v) is 7.97. The molecule has 33 heavy (non-hydrogen) atoms. The van der Waals surface area contributed by atoms with Crippen molar-refractivity contribution in [2.24, 2.45) is 5.16 Å². The number of carboxylic acids is 1. The first-order chi connectivity index (χ1) is 15.7. The molecule has 1 saturated heterocycles. The second-order valence-electron chi connectivity index (χ2n) is 6.20. The van der Waals surface area contributed by atoms with E-state index in [1.165, 1.54) is 34.9 Å². The van der Waals surface area contributed by atoms with Gasteiger partial charge in [0.15, 0.2) is 19.5 Å². The highest BCUT2D eigenvalue weighted by atomic mass is 35.5. The van der Waals surface area contributed by atoms with E-state index in [2.05, 4.69) is 25.7 Å². The summed E-state index contributed by atoms with van der Waals surface area (Å²) in [6, 6.07) is -1.03. The number of nitrogens with zero attached hydrogens (tertiary/aromatic N) is 5. The molecule has 0 aromatic carbocycles. The summed E-state index contributed by atoms with van der Waals surface area (Å²) in [6.45, 7) is 0. The normalized spacial score (nSPS) is 20.5. The number of nitrogens with two attached hydrogens (primary N) is 1. The van der Waals surface area contributed by atoms with Crippen LogP contribution >= 0.6 is 69.6 Å². The quantitative estimate of drug-likeness (QED) is 0.125. The lowest BCUT2D eigenvalue weighted by Gasteiger charge is -2.49. The maximum atomic E-state index is 12.8. The molecule has 2 aliphatic heterocycles. The summed E-state index contributed by atoms with van der Waals surface area (Å²) in [4.78, 5) is 42.9. The number of β-lactam (4-membered cyclic amide) rings is 1. The Morgan fingerprint density at radius 3 is 2.64 bits per heavy atom. The number of carboxylic acid groups (broad SMARTS) is 1. The number of carbonyl (C=O) groups excluding carboxylic acids is 2. The summed E-state index contributed by atoms with van der Waals surface area (Å²) in [5.41, 5.74) is 4.77. The van der Waals surface area contributed by atoms with E-state index < -0.39 is 34.9 Å². The average Bonchev–Trinajstić information content (AvgIpc) is 3.37. The van der Waals surface area contributed by atoms with Crippen LogP contribution in [0.1, 0.15) is 5.69 Å². The number of aromatic nitrogens is 3. The monoisotopic (exact) mass is 565 g/mol. The van der Waals surface area contributed by atoms with Crippen molar-refractivity contribution in [2.75, 3.05) is 17.7 Å². The maximum absolute atomic E-state index is 12.8. The number of rotatable bonds is 7. The fourth-order valence-electron chi connectivity index (χ4n) is 2.97. The van der Waals surface area contributed by atoms with E-state index in [1.807, 2.05) is 6.26 Å². The van der Waals surface area contributed by atoms with Crippen LogP contribution in [0.2, 0.25) is 4.34 Å². The maximum Gasteiger partial charge on any atom is 0.353 e. The van der Waals surface area contributed by atoms with Crippen molar-refractivity contribution in [2.45, 2.75) is 20.1 Å². The molecule has 12 nitrogen and oxygen atoms in total. The van der Waals surface area contributed by atoms with Gasteiger partial charge < -0.3 is 21.4 Å². The first-order valence-electron chi connectivity index (χ1n) is 8.66. The van der Waals surface area contributed by atoms with Crippen molar-refractivity contribution >= 4 is 98.2 Å². The predicted octanol–water partition coefficient (Wildman–Crippen LogP) is 1.62. The zero-order chi connectivity index (χ0) is 23.9. The molecule has 0 bridgehead atoms. The van der Waals surface area contributed by atoms with E-state index >= 15 is 0 Å². The molecular weight excluding hydrogens is 554 g/mol. The van der Waals surface area contributed by atoms with E-state index in [1.54, 1.807) is 0 Å². The second kappa shape index (κ2) is 9.67. The predicted molar refractivity (Wildman–Crippen MR) is 127 cm³/mol. The van der Waals surface area contributed by atoms with Crippen LogP contribution in [0.5, 0.6) is 0 Å². The SMILES string of the molecule is CSc1nnc(SC2=C(C(=O)O)N3C(=O)[C@@H](NC(=O)C(=NO)c4nc(N)sc4Cl)C3SC2)s1. The summed E-state index contributed by atoms with van der Waals surface area (Å²) in [5.74, 6) is -2.49. The van der Waals surface area contributed by atoms with Crippen LogP contribution in [-0.4, -0.2) is 77.3 Å². The number of oxime groups is 1. The van der Waals surface area contributed by atoms with Crippen molar-refractivity contribution in [1.29, 1.82) is 0 Å². The number of thiazole rings is 1. The van der Waals surface area contributed by atoms with Gasteiger partial charge in [-0.1, -0.05) is 63.0 Å². The molecule has 1 fully saturated rings. The van der Waals surface area contributed by atoms with Crippen LogP contribution in [-0.2, 0) is 14.4 Å². The third-order valence-corrected chi connectivity index (χ3v) is 9.92. The molecule has 2 amide bonds. The van der Waals surface area contributed by atoms with Crippen molar-refractivity contribution in [3.8, 4) is 0 Å². The topological polar surface area (TPSA) is 184 Å². The fraction of sp³-hybridized carbons (Fsp3) is 0.267. The Morgan fingerprint density at radius 1 is 1.33 bits per heavy atom. The van der Waals surface area contributed by atoms with Crippen molar-refractivity contribution in [1.82, 2.24) is 25.4 Å². The van der Waals surface area contributed by atoms with Gasteiger partial charge in [-0.15, -0.1) is 22.0 Å². The number of thioether (sulfide) groups is 3. The van der Waals surface area contributed by atoms with Crippen LogP contribution in [0, 0.1) is 0 Å². The Hall–Kier alpha value is -2.05. The number of carbonyl (C=O) groups is 3. The van der Waals surface area contributed by atoms with Crippen LogP contribution in [0.25, 0.3) is 0 Å². The van der Waals surface area contributed by atoms with E-state index in [9.17, 15) is 24.7 Å². The van der Waals surface area contributed by atoms with Gasteiger partial charge in [0.05, 0.1) is 0 Å². The number of nitrogen functional groups attached to an aromatic ring is 1. The van der Waals surface area contributed by atoms with Crippen LogP contribution in [0.4, 0.5) is 5.13 Å². The zero-order valence-electron chi connectivity index (χ0n) is 16.2. The Labute approximate surface area is 211 Å². The molecular formula is C15H12ClN7O5S5. The Bertz CT molecular complexity index is 1210. The lowest BCUT2D eigenvalue weighted by Crippen LogP contribution is -2.71. The Balaban J connectivity index is 1.52. The molecule has 4 rings (SSSR count). The summed E-state index contributed by atoms with van der Waals surface area (Å²) < 4.78 is 1.35. The highest BCUT2D eigenvalue weighted by Crippen LogP contribution is 2.46. The number of halogens is 1. The standard InChI is InChI=1S/C15H12ClN7O5S5/c1-29-14-20-21-15(33-14)31-3-2-30-11-6(10(25)23(11)7(3)12(26)27)18-9(24)5(22-28)4-8(16)32-13(17)19-4/h6,11,28H,2H2,1H3,(H2,17,19)(H,18,24)(H,26,27)/t6-,11?/m1/s1. The zero-order valence-corrected chi connectivity index (χ0v) is 21.1. The molecule has 2 atom stereocenters. The highest BCUT2D eigenvalue weighted by molar-refractivity contribution is 8.07. The van der Waals surface area contributed by atoms with Crippen molar-refractivity contribution in [3.63, 3.8) is 0 Å². The number of amides is 2. The average molecular weight is 566 g/mol. The lowest BCUT2D eigenvalue weighted by molar-refractivity contribution is -0.150. The smallest absolute Gasteiger partial charge is 0.353 e. The first kappa shape index (κ1) is 24.1.